The van der Waals surface area contributed by atoms with Gasteiger partial charge in [0.15, 0.2) is 0 Å². The number of carbonyl (C=O) groups excluding carboxylic acids is 2. The summed E-state index contributed by atoms with van der Waals surface area (Å²) in [7, 11) is 0. The van der Waals surface area contributed by atoms with Crippen molar-refractivity contribution in [1.82, 2.24) is 9.80 Å². The lowest BCUT2D eigenvalue weighted by Gasteiger charge is -2.38. The molecule has 6 heteroatoms. The van der Waals surface area contributed by atoms with Gasteiger partial charge in [-0.25, -0.2) is 0 Å². The molecular weight excluding hydrogens is 266 g/mol. The molecule has 2 heterocycles. The van der Waals surface area contributed by atoms with Crippen LogP contribution in [0.2, 0.25) is 0 Å². The van der Waals surface area contributed by atoms with E-state index >= 15 is 0 Å². The van der Waals surface area contributed by atoms with Crippen LogP contribution in [0.25, 0.3) is 0 Å². The molecule has 2 amide bonds. The Balaban J connectivity index is 0.00000180. The quantitative estimate of drug-likeness (QED) is 0.834. The highest BCUT2D eigenvalue weighted by Gasteiger charge is 2.31. The van der Waals surface area contributed by atoms with Crippen molar-refractivity contribution >= 4 is 24.2 Å². The van der Waals surface area contributed by atoms with E-state index in [0.717, 1.165) is 38.8 Å². The van der Waals surface area contributed by atoms with Crippen LogP contribution in [0.1, 0.15) is 39.0 Å². The molecule has 0 radical (unpaired) electrons. The maximum Gasteiger partial charge on any atom is 0.242 e. The van der Waals surface area contributed by atoms with Crippen LogP contribution in [0.5, 0.6) is 0 Å². The van der Waals surface area contributed by atoms with Crippen molar-refractivity contribution in [2.45, 2.75) is 51.1 Å². The Morgan fingerprint density at radius 2 is 2.11 bits per heavy atom. The summed E-state index contributed by atoms with van der Waals surface area (Å²) < 4.78 is 0. The van der Waals surface area contributed by atoms with E-state index in [9.17, 15) is 9.59 Å². The first-order valence-corrected chi connectivity index (χ1v) is 6.92. The van der Waals surface area contributed by atoms with Crippen molar-refractivity contribution in [1.29, 1.82) is 0 Å². The van der Waals surface area contributed by atoms with Crippen LogP contribution < -0.4 is 5.73 Å². The largest absolute Gasteiger partial charge is 0.337 e. The number of piperidine rings is 1. The van der Waals surface area contributed by atoms with E-state index in [1.54, 1.807) is 4.90 Å². The molecule has 2 unspecified atom stereocenters. The Kier molecular flexibility index (Phi) is 6.07. The Hall–Kier alpha value is -0.810. The zero-order valence-corrected chi connectivity index (χ0v) is 12.3. The summed E-state index contributed by atoms with van der Waals surface area (Å²) in [6, 6.07) is 0.146. The van der Waals surface area contributed by atoms with Crippen molar-refractivity contribution < 1.29 is 9.59 Å². The molecule has 0 aromatic rings. The van der Waals surface area contributed by atoms with Crippen LogP contribution in [-0.4, -0.2) is 53.3 Å². The minimum atomic E-state index is 0. The van der Waals surface area contributed by atoms with Crippen molar-refractivity contribution in [3.05, 3.63) is 0 Å². The maximum absolute atomic E-state index is 12.3. The van der Waals surface area contributed by atoms with E-state index in [4.69, 9.17) is 5.73 Å². The summed E-state index contributed by atoms with van der Waals surface area (Å²) in [5.41, 5.74) is 5.96. The number of hydrogen-bond acceptors (Lipinski definition) is 3. The highest BCUT2D eigenvalue weighted by atomic mass is 35.5. The maximum atomic E-state index is 12.3. The second-order valence-electron chi connectivity index (χ2n) is 5.43. The number of nitrogens with two attached hydrogens (primary N) is 1. The summed E-state index contributed by atoms with van der Waals surface area (Å²) >= 11 is 0. The highest BCUT2D eigenvalue weighted by molar-refractivity contribution is 5.86. The fourth-order valence-corrected chi connectivity index (χ4v) is 2.94. The van der Waals surface area contributed by atoms with Crippen LogP contribution in [0, 0.1) is 0 Å². The van der Waals surface area contributed by atoms with Gasteiger partial charge in [-0.1, -0.05) is 0 Å². The van der Waals surface area contributed by atoms with Crippen molar-refractivity contribution in [3.8, 4) is 0 Å². The molecule has 0 aromatic heterocycles. The Bertz CT molecular complexity index is 336. The Morgan fingerprint density at radius 3 is 2.68 bits per heavy atom. The molecular formula is C13H24ClN3O2. The van der Waals surface area contributed by atoms with Gasteiger partial charge < -0.3 is 15.5 Å². The van der Waals surface area contributed by atoms with Gasteiger partial charge in [0, 0.05) is 31.6 Å². The van der Waals surface area contributed by atoms with Gasteiger partial charge >= 0.3 is 0 Å². The third-order valence-electron chi connectivity index (χ3n) is 3.97. The smallest absolute Gasteiger partial charge is 0.242 e. The molecule has 2 atom stereocenters. The lowest BCUT2D eigenvalue weighted by atomic mass is 9.97. The standard InChI is InChI=1S/C13H23N3O2.ClH/c1-10(14)11-5-2-3-8-16(11)13(18)9-15-7-4-6-12(15)17;/h10-11H,2-9,14H2,1H3;1H. The summed E-state index contributed by atoms with van der Waals surface area (Å²) in [6.07, 6.45) is 4.63. The van der Waals surface area contributed by atoms with Gasteiger partial charge in [0.05, 0.1) is 6.54 Å². The van der Waals surface area contributed by atoms with E-state index in [1.165, 1.54) is 0 Å². The second kappa shape index (κ2) is 7.10. The number of amides is 2. The topological polar surface area (TPSA) is 66.6 Å². The fourth-order valence-electron chi connectivity index (χ4n) is 2.94. The second-order valence-corrected chi connectivity index (χ2v) is 5.43. The molecule has 5 nitrogen and oxygen atoms in total. The monoisotopic (exact) mass is 289 g/mol. The van der Waals surface area contributed by atoms with E-state index in [-0.39, 0.29) is 42.8 Å². The molecule has 2 aliphatic heterocycles. The van der Waals surface area contributed by atoms with Crippen LogP contribution in [-0.2, 0) is 9.59 Å². The minimum absolute atomic E-state index is 0. The molecule has 0 spiro atoms. The third-order valence-corrected chi connectivity index (χ3v) is 3.97. The predicted octanol–water partition coefficient (Wildman–Crippen LogP) is 0.759. The molecule has 0 bridgehead atoms. The Morgan fingerprint density at radius 1 is 1.37 bits per heavy atom. The molecule has 0 aromatic carbocycles. The van der Waals surface area contributed by atoms with Crippen LogP contribution in [0.15, 0.2) is 0 Å². The van der Waals surface area contributed by atoms with Gasteiger partial charge in [0.25, 0.3) is 0 Å². The molecule has 2 fully saturated rings. The SMILES string of the molecule is CC(N)C1CCCCN1C(=O)CN1CCCC1=O.Cl. The van der Waals surface area contributed by atoms with Gasteiger partial charge in [0.2, 0.25) is 11.8 Å². The van der Waals surface area contributed by atoms with E-state index < -0.39 is 0 Å². The number of rotatable bonds is 3. The first-order chi connectivity index (χ1) is 8.59. The molecule has 0 aliphatic carbocycles. The molecule has 110 valence electrons. The van der Waals surface area contributed by atoms with Gasteiger partial charge in [-0.15, -0.1) is 12.4 Å². The van der Waals surface area contributed by atoms with Crippen molar-refractivity contribution in [3.63, 3.8) is 0 Å². The van der Waals surface area contributed by atoms with Gasteiger partial charge in [-0.2, -0.15) is 0 Å². The molecule has 2 saturated heterocycles. The third kappa shape index (κ3) is 3.83. The zero-order valence-electron chi connectivity index (χ0n) is 11.5. The minimum Gasteiger partial charge on any atom is -0.337 e. The summed E-state index contributed by atoms with van der Waals surface area (Å²) in [6.45, 7) is 3.70. The van der Waals surface area contributed by atoms with Crippen molar-refractivity contribution in [2.24, 2.45) is 5.73 Å². The first kappa shape index (κ1) is 16.2. The van der Waals surface area contributed by atoms with Crippen LogP contribution >= 0.6 is 12.4 Å². The number of likely N-dealkylation sites (tertiary alicyclic amines) is 2. The summed E-state index contributed by atoms with van der Waals surface area (Å²) in [4.78, 5) is 27.4. The number of nitrogens with zero attached hydrogens (tertiary/aromatic N) is 2. The lowest BCUT2D eigenvalue weighted by molar-refractivity contribution is -0.141. The molecule has 0 saturated carbocycles. The van der Waals surface area contributed by atoms with Crippen LogP contribution in [0.4, 0.5) is 0 Å². The molecule has 19 heavy (non-hydrogen) atoms. The van der Waals surface area contributed by atoms with Crippen molar-refractivity contribution in [2.75, 3.05) is 19.6 Å². The number of hydrogen-bond donors (Lipinski definition) is 1. The lowest BCUT2D eigenvalue weighted by Crippen LogP contribution is -2.54. The van der Waals surface area contributed by atoms with Gasteiger partial charge in [0.1, 0.15) is 0 Å². The molecule has 2 N–H and O–H groups in total. The highest BCUT2D eigenvalue weighted by Crippen LogP contribution is 2.20. The summed E-state index contributed by atoms with van der Waals surface area (Å²) in [5.74, 6) is 0.171. The zero-order chi connectivity index (χ0) is 13.1. The normalized spacial score (nSPS) is 25.2. The average Bonchev–Trinajstić information content (AvgIpc) is 2.75. The van der Waals surface area contributed by atoms with E-state index in [1.807, 2.05) is 11.8 Å². The fraction of sp³-hybridized carbons (Fsp3) is 0.846. The van der Waals surface area contributed by atoms with Gasteiger partial charge in [-0.3, -0.25) is 9.59 Å². The first-order valence-electron chi connectivity index (χ1n) is 6.92. The van der Waals surface area contributed by atoms with Crippen LogP contribution in [0.3, 0.4) is 0 Å². The predicted molar refractivity (Wildman–Crippen MR) is 76.1 cm³/mol. The van der Waals surface area contributed by atoms with E-state index in [0.29, 0.717) is 6.42 Å². The molecule has 2 aliphatic rings. The Labute approximate surface area is 120 Å². The van der Waals surface area contributed by atoms with Gasteiger partial charge in [-0.05, 0) is 32.6 Å². The number of halogens is 1. The number of carbonyl (C=O) groups is 2. The summed E-state index contributed by atoms with van der Waals surface area (Å²) in [5, 5.41) is 0. The van der Waals surface area contributed by atoms with E-state index in [2.05, 4.69) is 0 Å². The molecule has 2 rings (SSSR count). The average molecular weight is 290 g/mol.